The summed E-state index contributed by atoms with van der Waals surface area (Å²) < 4.78 is 11.6. The molecule has 0 aliphatic carbocycles. The van der Waals surface area contributed by atoms with E-state index in [0.717, 1.165) is 15.6 Å². The molecule has 1 N–H and O–H groups in total. The molecule has 1 aliphatic heterocycles. The molecule has 0 atom stereocenters. The number of nitrogens with zero attached hydrogens (tertiary/aromatic N) is 1. The minimum Gasteiger partial charge on any atom is -0.493 e. The number of amidine groups is 1. The van der Waals surface area contributed by atoms with Crippen LogP contribution in [0.3, 0.4) is 0 Å². The summed E-state index contributed by atoms with van der Waals surface area (Å²) in [6.45, 7) is 2.01. The van der Waals surface area contributed by atoms with Gasteiger partial charge in [0.05, 0.1) is 17.7 Å². The lowest BCUT2D eigenvalue weighted by molar-refractivity contribution is -0.115. The first kappa shape index (κ1) is 21.3. The molecular formula is C21H16BrClN2O3S. The largest absolute Gasteiger partial charge is 0.493 e. The van der Waals surface area contributed by atoms with Crippen molar-refractivity contribution < 1.29 is 14.3 Å². The topological polar surface area (TPSA) is 59.9 Å². The van der Waals surface area contributed by atoms with E-state index in [1.54, 1.807) is 24.3 Å². The van der Waals surface area contributed by atoms with Crippen molar-refractivity contribution in [1.29, 1.82) is 0 Å². The van der Waals surface area contributed by atoms with E-state index in [9.17, 15) is 4.79 Å². The monoisotopic (exact) mass is 490 g/mol. The molecule has 1 fully saturated rings. The van der Waals surface area contributed by atoms with E-state index in [-0.39, 0.29) is 12.5 Å². The molecule has 1 aliphatic rings. The van der Waals surface area contributed by atoms with E-state index in [4.69, 9.17) is 27.5 Å². The van der Waals surface area contributed by atoms with Gasteiger partial charge in [0.1, 0.15) is 6.61 Å². The summed E-state index contributed by atoms with van der Waals surface area (Å²) >= 11 is 10.9. The Hall–Kier alpha value is -2.40. The van der Waals surface area contributed by atoms with Crippen molar-refractivity contribution in [2.75, 3.05) is 13.7 Å². The fraction of sp³-hybridized carbons (Fsp3) is 0.143. The molecule has 148 valence electrons. The number of rotatable bonds is 5. The van der Waals surface area contributed by atoms with Gasteiger partial charge in [-0.15, -0.1) is 6.42 Å². The Morgan fingerprint density at radius 1 is 1.38 bits per heavy atom. The number of nitrogens with one attached hydrogen (secondary N) is 1. The number of aliphatic imine (C=N–C) groups is 1. The summed E-state index contributed by atoms with van der Waals surface area (Å²) in [4.78, 5) is 17.4. The number of amides is 1. The van der Waals surface area contributed by atoms with Crippen LogP contribution in [0.5, 0.6) is 11.5 Å². The Morgan fingerprint density at radius 3 is 2.90 bits per heavy atom. The third kappa shape index (κ3) is 4.96. The van der Waals surface area contributed by atoms with Gasteiger partial charge >= 0.3 is 0 Å². The Kier molecular flexibility index (Phi) is 6.91. The molecular weight excluding hydrogens is 476 g/mol. The number of carbonyl (C=O) groups excluding carboxylic acids is 1. The van der Waals surface area contributed by atoms with Crippen LogP contribution in [-0.4, -0.2) is 24.8 Å². The number of terminal acetylenes is 1. The highest BCUT2D eigenvalue weighted by atomic mass is 79.9. The van der Waals surface area contributed by atoms with Gasteiger partial charge in [0.2, 0.25) is 0 Å². The van der Waals surface area contributed by atoms with Crippen LogP contribution in [0.1, 0.15) is 11.1 Å². The van der Waals surface area contributed by atoms with Crippen LogP contribution in [-0.2, 0) is 4.79 Å². The molecule has 0 spiro atoms. The lowest BCUT2D eigenvalue weighted by Gasteiger charge is -2.11. The molecule has 1 heterocycles. The fourth-order valence-electron chi connectivity index (χ4n) is 2.50. The quantitative estimate of drug-likeness (QED) is 0.454. The van der Waals surface area contributed by atoms with Crippen LogP contribution in [0, 0.1) is 19.3 Å². The van der Waals surface area contributed by atoms with Crippen LogP contribution in [0.4, 0.5) is 5.69 Å². The van der Waals surface area contributed by atoms with Crippen LogP contribution in [0.2, 0.25) is 5.02 Å². The summed E-state index contributed by atoms with van der Waals surface area (Å²) in [7, 11) is 1.54. The van der Waals surface area contributed by atoms with Gasteiger partial charge in [-0.2, -0.15) is 0 Å². The summed E-state index contributed by atoms with van der Waals surface area (Å²) in [5.41, 5.74) is 2.32. The first-order valence-corrected chi connectivity index (χ1v) is 10.4. The minimum absolute atomic E-state index is 0.129. The number of hydrogen-bond acceptors (Lipinski definition) is 5. The molecule has 1 amide bonds. The molecule has 5 nitrogen and oxygen atoms in total. The summed E-state index contributed by atoms with van der Waals surface area (Å²) in [5.74, 6) is 3.22. The molecule has 0 bridgehead atoms. The fourth-order valence-corrected chi connectivity index (χ4v) is 3.93. The number of hydrogen-bond donors (Lipinski definition) is 1. The zero-order valence-electron chi connectivity index (χ0n) is 15.6. The van der Waals surface area contributed by atoms with Crippen LogP contribution in [0.15, 0.2) is 44.7 Å². The molecule has 2 aromatic carbocycles. The molecule has 2 aromatic rings. The maximum Gasteiger partial charge on any atom is 0.264 e. The van der Waals surface area contributed by atoms with Gasteiger partial charge in [-0.05, 0) is 60.2 Å². The van der Waals surface area contributed by atoms with Crippen molar-refractivity contribution in [2.24, 2.45) is 4.99 Å². The lowest BCUT2D eigenvalue weighted by Crippen LogP contribution is -2.19. The Morgan fingerprint density at radius 2 is 2.17 bits per heavy atom. The SMILES string of the molecule is C#CCOc1cc(Br)c(/C=C2/SC(=Nc3cccc(Cl)c3C)NC2=O)cc1OC. The van der Waals surface area contributed by atoms with E-state index in [2.05, 4.69) is 32.2 Å². The molecule has 29 heavy (non-hydrogen) atoms. The number of thioether (sulfide) groups is 1. The maximum absolute atomic E-state index is 12.4. The Bertz CT molecular complexity index is 1080. The molecule has 0 aromatic heterocycles. The second kappa shape index (κ2) is 9.40. The third-order valence-electron chi connectivity index (χ3n) is 3.99. The number of ether oxygens (including phenoxy) is 2. The van der Waals surface area contributed by atoms with E-state index in [1.165, 1.54) is 18.9 Å². The molecule has 1 saturated heterocycles. The summed E-state index contributed by atoms with van der Waals surface area (Å²) in [5, 5.41) is 3.89. The molecule has 0 radical (unpaired) electrons. The number of halogens is 2. The molecule has 3 rings (SSSR count). The average Bonchev–Trinajstić information content (AvgIpc) is 3.04. The van der Waals surface area contributed by atoms with Crippen molar-refractivity contribution in [2.45, 2.75) is 6.92 Å². The van der Waals surface area contributed by atoms with Gasteiger partial charge in [0.25, 0.3) is 5.91 Å². The van der Waals surface area contributed by atoms with Crippen LogP contribution in [0.25, 0.3) is 6.08 Å². The second-order valence-corrected chi connectivity index (χ2v) is 8.18. The highest BCUT2D eigenvalue weighted by molar-refractivity contribution is 9.10. The normalized spacial score (nSPS) is 16.0. The maximum atomic E-state index is 12.4. The molecule has 0 saturated carbocycles. The van der Waals surface area contributed by atoms with E-state index in [1.807, 2.05) is 19.1 Å². The predicted molar refractivity (Wildman–Crippen MR) is 122 cm³/mol. The van der Waals surface area contributed by atoms with Gasteiger partial charge < -0.3 is 14.8 Å². The van der Waals surface area contributed by atoms with Crippen LogP contribution < -0.4 is 14.8 Å². The third-order valence-corrected chi connectivity index (χ3v) is 6.00. The number of methoxy groups -OCH3 is 1. The highest BCUT2D eigenvalue weighted by Crippen LogP contribution is 2.37. The van der Waals surface area contributed by atoms with Gasteiger partial charge in [-0.25, -0.2) is 4.99 Å². The smallest absolute Gasteiger partial charge is 0.264 e. The standard InChI is InChI=1S/C21H16BrClN2O3S/c1-4-8-28-18-11-14(22)13(9-17(18)27-3)10-19-20(26)25-21(29-19)24-16-7-5-6-15(23)12(16)2/h1,5-7,9-11H,8H2,2-3H3,(H,24,25,26)/b19-10+. The van der Waals surface area contributed by atoms with Crippen molar-refractivity contribution in [3.05, 3.63) is 55.9 Å². The van der Waals surface area contributed by atoms with Gasteiger partial charge in [-0.3, -0.25) is 4.79 Å². The molecule has 8 heteroatoms. The van der Waals surface area contributed by atoms with E-state index in [0.29, 0.717) is 32.3 Å². The first-order valence-electron chi connectivity index (χ1n) is 8.41. The van der Waals surface area contributed by atoms with Gasteiger partial charge in [-0.1, -0.05) is 39.5 Å². The zero-order valence-corrected chi connectivity index (χ0v) is 18.7. The predicted octanol–water partition coefficient (Wildman–Crippen LogP) is 5.32. The Balaban J connectivity index is 1.89. The first-order chi connectivity index (χ1) is 13.9. The minimum atomic E-state index is -0.230. The zero-order chi connectivity index (χ0) is 21.0. The average molecular weight is 492 g/mol. The number of carbonyl (C=O) groups is 1. The van der Waals surface area contributed by atoms with Crippen molar-refractivity contribution in [3.63, 3.8) is 0 Å². The Labute approximate surface area is 186 Å². The van der Waals surface area contributed by atoms with Crippen molar-refractivity contribution >= 4 is 62.1 Å². The summed E-state index contributed by atoms with van der Waals surface area (Å²) in [6.07, 6.45) is 7.00. The summed E-state index contributed by atoms with van der Waals surface area (Å²) in [6, 6.07) is 8.99. The second-order valence-electron chi connectivity index (χ2n) is 5.88. The van der Waals surface area contributed by atoms with E-state index < -0.39 is 0 Å². The lowest BCUT2D eigenvalue weighted by atomic mass is 10.2. The number of benzene rings is 2. The van der Waals surface area contributed by atoms with Crippen LogP contribution >= 0.6 is 39.3 Å². The van der Waals surface area contributed by atoms with E-state index >= 15 is 0 Å². The van der Waals surface area contributed by atoms with Gasteiger partial charge in [0, 0.05) is 9.50 Å². The molecule has 0 unspecified atom stereocenters. The van der Waals surface area contributed by atoms with Crippen molar-refractivity contribution in [3.8, 4) is 23.8 Å². The highest BCUT2D eigenvalue weighted by Gasteiger charge is 2.24. The van der Waals surface area contributed by atoms with Gasteiger partial charge in [0.15, 0.2) is 16.7 Å². The van der Waals surface area contributed by atoms with Crippen molar-refractivity contribution in [1.82, 2.24) is 5.32 Å².